The molecule has 1 aromatic rings. The summed E-state index contributed by atoms with van der Waals surface area (Å²) in [7, 11) is 2.22. The molecule has 4 heterocycles. The summed E-state index contributed by atoms with van der Waals surface area (Å²) in [6.07, 6.45) is -8.12. The van der Waals surface area contributed by atoms with Gasteiger partial charge in [-0.05, 0) is 44.9 Å². The van der Waals surface area contributed by atoms with E-state index in [4.69, 9.17) is 38.9 Å². The Morgan fingerprint density at radius 3 is 1.73 bits per heavy atom. The summed E-state index contributed by atoms with van der Waals surface area (Å²) in [4.78, 5) is 34.2. The monoisotopic (exact) mass is 675 g/mol. The number of carboxylic acids is 3. The number of hydrogen-bond acceptors (Lipinski definition) is 8. The van der Waals surface area contributed by atoms with Crippen LogP contribution in [0.5, 0.6) is 0 Å². The van der Waals surface area contributed by atoms with Gasteiger partial charge >= 0.3 is 36.4 Å². The number of carboxylic acid groups (broad SMARTS) is 3. The van der Waals surface area contributed by atoms with Crippen LogP contribution in [0, 0.1) is 0 Å². The predicted molar refractivity (Wildman–Crippen MR) is 135 cm³/mol. The molecule has 0 radical (unpaired) electrons. The lowest BCUT2D eigenvalue weighted by Gasteiger charge is -2.42. The van der Waals surface area contributed by atoms with E-state index in [1.807, 2.05) is 6.07 Å². The minimum atomic E-state index is -5.08. The minimum absolute atomic E-state index is 0.0993. The van der Waals surface area contributed by atoms with Gasteiger partial charge in [-0.15, -0.1) is 0 Å². The van der Waals surface area contributed by atoms with E-state index in [1.54, 1.807) is 6.26 Å². The van der Waals surface area contributed by atoms with Gasteiger partial charge in [-0.2, -0.15) is 39.5 Å². The van der Waals surface area contributed by atoms with Crippen molar-refractivity contribution < 1.29 is 78.4 Å². The Labute approximate surface area is 251 Å². The number of likely N-dealkylation sites (tertiary alicyclic amines) is 1. The maximum atomic E-state index is 10.6. The first-order valence-electron chi connectivity index (χ1n) is 13.3. The maximum absolute atomic E-state index is 10.6. The van der Waals surface area contributed by atoms with Crippen LogP contribution in [-0.4, -0.2) is 131 Å². The van der Waals surface area contributed by atoms with Crippen molar-refractivity contribution in [2.24, 2.45) is 0 Å². The molecular formula is C25H34F9N3O8. The Morgan fingerprint density at radius 2 is 1.31 bits per heavy atom. The number of likely N-dealkylation sites (N-methyl/N-ethyl adjacent to an activating group) is 1. The molecule has 3 N–H and O–H groups in total. The molecule has 3 fully saturated rings. The average Bonchev–Trinajstić information content (AvgIpc) is 3.55. The average molecular weight is 676 g/mol. The molecule has 0 amide bonds. The normalized spacial score (nSPS) is 23.1. The SMILES string of the molecule is CN1CCN(C[C@H]2CCC[C@]3(CCN(Cc4ccco4)C3)O2)CC1.O=C(O)C(F)(F)F.O=C(O)C(F)(F)F.O=C(O)C(F)(F)F. The predicted octanol–water partition coefficient (Wildman–Crippen LogP) is 3.94. The van der Waals surface area contributed by atoms with Crippen LogP contribution in [-0.2, 0) is 25.7 Å². The first-order chi connectivity index (χ1) is 20.5. The van der Waals surface area contributed by atoms with E-state index in [0.717, 1.165) is 31.9 Å². The third kappa shape index (κ3) is 15.6. The number of alkyl halides is 9. The number of ether oxygens (including phenoxy) is 1. The summed E-state index contributed by atoms with van der Waals surface area (Å²) in [5.74, 6) is -7.20. The zero-order valence-electron chi connectivity index (χ0n) is 23.9. The van der Waals surface area contributed by atoms with Gasteiger partial charge in [0.25, 0.3) is 0 Å². The largest absolute Gasteiger partial charge is 0.490 e. The van der Waals surface area contributed by atoms with Crippen LogP contribution >= 0.6 is 0 Å². The molecule has 4 rings (SSSR count). The van der Waals surface area contributed by atoms with Crippen LogP contribution in [0.2, 0.25) is 0 Å². The zero-order chi connectivity index (χ0) is 34.6. The van der Waals surface area contributed by atoms with Crippen molar-refractivity contribution in [3.05, 3.63) is 24.2 Å². The van der Waals surface area contributed by atoms with Crippen LogP contribution in [0.25, 0.3) is 0 Å². The van der Waals surface area contributed by atoms with Crippen molar-refractivity contribution in [1.29, 1.82) is 0 Å². The molecular weight excluding hydrogens is 641 g/mol. The zero-order valence-corrected chi connectivity index (χ0v) is 23.9. The van der Waals surface area contributed by atoms with Gasteiger partial charge in [-0.1, -0.05) is 0 Å². The van der Waals surface area contributed by atoms with Crippen LogP contribution in [0.4, 0.5) is 39.5 Å². The van der Waals surface area contributed by atoms with Crippen LogP contribution in [0.15, 0.2) is 22.8 Å². The van der Waals surface area contributed by atoms with Crippen molar-refractivity contribution >= 4 is 17.9 Å². The van der Waals surface area contributed by atoms with Crippen LogP contribution < -0.4 is 0 Å². The Morgan fingerprint density at radius 1 is 0.822 bits per heavy atom. The van der Waals surface area contributed by atoms with E-state index in [1.165, 1.54) is 51.9 Å². The molecule has 11 nitrogen and oxygen atoms in total. The smallest absolute Gasteiger partial charge is 0.475 e. The number of rotatable bonds is 4. The van der Waals surface area contributed by atoms with E-state index in [2.05, 4.69) is 27.8 Å². The quantitative estimate of drug-likeness (QED) is 0.400. The van der Waals surface area contributed by atoms with Crippen molar-refractivity contribution in [1.82, 2.24) is 14.7 Å². The third-order valence-electron chi connectivity index (χ3n) is 6.72. The molecule has 1 spiro atoms. The Bertz CT molecular complexity index is 1000. The maximum Gasteiger partial charge on any atom is 0.490 e. The van der Waals surface area contributed by atoms with E-state index in [-0.39, 0.29) is 5.60 Å². The Hall–Kier alpha value is -3.10. The van der Waals surface area contributed by atoms with E-state index < -0.39 is 36.4 Å². The van der Waals surface area contributed by atoms with Gasteiger partial charge in [0.1, 0.15) is 5.76 Å². The second-order valence-corrected chi connectivity index (χ2v) is 10.4. The number of hydrogen-bond donors (Lipinski definition) is 3. The molecule has 0 bridgehead atoms. The summed E-state index contributed by atoms with van der Waals surface area (Å²) >= 11 is 0. The standard InChI is InChI=1S/C19H31N3O2.3C2HF3O2/c1-20-9-11-21(12-10-20)15-18-4-2-6-19(24-18)7-8-22(16-19)14-17-5-3-13-23-17;3*3-2(4,5)1(6)7/h3,5,13,18H,2,4,6-12,14-16H2,1H3;3*(H,6,7)/t18-,19-;;;/m1.../s1. The van der Waals surface area contributed by atoms with Crippen molar-refractivity contribution in [2.75, 3.05) is 52.9 Å². The molecule has 0 aromatic carbocycles. The number of piperazine rings is 1. The lowest BCUT2D eigenvalue weighted by molar-refractivity contribution is -0.193. The third-order valence-corrected chi connectivity index (χ3v) is 6.72. The summed E-state index contributed by atoms with van der Waals surface area (Å²) in [5, 5.41) is 21.4. The molecule has 3 aliphatic rings. The molecule has 3 saturated heterocycles. The van der Waals surface area contributed by atoms with Crippen LogP contribution in [0.3, 0.4) is 0 Å². The summed E-state index contributed by atoms with van der Waals surface area (Å²) in [6, 6.07) is 4.05. The Balaban J connectivity index is 0.000000396. The van der Waals surface area contributed by atoms with Gasteiger partial charge < -0.3 is 29.4 Å². The number of nitrogens with zero attached hydrogens (tertiary/aromatic N) is 3. The topological polar surface area (TPSA) is 144 Å². The highest BCUT2D eigenvalue weighted by Crippen LogP contribution is 2.37. The fourth-order valence-electron chi connectivity index (χ4n) is 4.56. The van der Waals surface area contributed by atoms with Crippen molar-refractivity contribution in [3.63, 3.8) is 0 Å². The highest BCUT2D eigenvalue weighted by Gasteiger charge is 2.43. The fourth-order valence-corrected chi connectivity index (χ4v) is 4.56. The van der Waals surface area contributed by atoms with Gasteiger partial charge in [0.15, 0.2) is 0 Å². The van der Waals surface area contributed by atoms with Gasteiger partial charge in [0.2, 0.25) is 0 Å². The molecule has 0 unspecified atom stereocenters. The molecule has 1 aromatic heterocycles. The highest BCUT2D eigenvalue weighted by atomic mass is 19.4. The van der Waals surface area contributed by atoms with E-state index >= 15 is 0 Å². The second-order valence-electron chi connectivity index (χ2n) is 10.4. The fraction of sp³-hybridized carbons (Fsp3) is 0.720. The molecule has 0 aliphatic carbocycles. The van der Waals surface area contributed by atoms with Crippen LogP contribution in [0.1, 0.15) is 31.4 Å². The minimum Gasteiger partial charge on any atom is -0.475 e. The van der Waals surface area contributed by atoms with Gasteiger partial charge in [0, 0.05) is 45.8 Å². The number of halogens is 9. The highest BCUT2D eigenvalue weighted by molar-refractivity contribution is 5.73. The second kappa shape index (κ2) is 17.0. The van der Waals surface area contributed by atoms with E-state index in [0.29, 0.717) is 6.10 Å². The lowest BCUT2D eigenvalue weighted by Crippen LogP contribution is -2.51. The molecule has 260 valence electrons. The van der Waals surface area contributed by atoms with Crippen molar-refractivity contribution in [3.8, 4) is 0 Å². The molecule has 0 saturated carbocycles. The van der Waals surface area contributed by atoms with Gasteiger partial charge in [-0.3, -0.25) is 9.80 Å². The van der Waals surface area contributed by atoms with E-state index in [9.17, 15) is 39.5 Å². The first kappa shape index (κ1) is 39.9. The molecule has 3 aliphatic heterocycles. The summed E-state index contributed by atoms with van der Waals surface area (Å²) < 4.78 is 107. The number of carbonyl (C=O) groups is 3. The lowest BCUT2D eigenvalue weighted by atomic mass is 9.90. The molecule has 45 heavy (non-hydrogen) atoms. The summed E-state index contributed by atoms with van der Waals surface area (Å²) in [6.45, 7) is 8.98. The summed E-state index contributed by atoms with van der Waals surface area (Å²) in [5.41, 5.74) is 0.0993. The first-order valence-corrected chi connectivity index (χ1v) is 13.3. The van der Waals surface area contributed by atoms with Gasteiger partial charge in [0.05, 0.1) is 24.5 Å². The van der Waals surface area contributed by atoms with Crippen molar-refractivity contribution in [2.45, 2.75) is 62.5 Å². The number of furan rings is 1. The Kier molecular flexibility index (Phi) is 15.1. The number of aliphatic carboxylic acids is 3. The molecule has 2 atom stereocenters. The van der Waals surface area contributed by atoms with Gasteiger partial charge in [-0.25, -0.2) is 14.4 Å². The molecule has 20 heteroatoms.